The molecule has 1 aromatic heterocycles. The molecule has 2 aromatic carbocycles. The van der Waals surface area contributed by atoms with Gasteiger partial charge in [-0.1, -0.05) is 60.7 Å². The largest absolute Gasteiger partial charge is 0.455 e. The number of rotatable bonds is 8. The van der Waals surface area contributed by atoms with Gasteiger partial charge in [0.05, 0.1) is 0 Å². The van der Waals surface area contributed by atoms with Gasteiger partial charge in [0.15, 0.2) is 12.7 Å². The zero-order valence-corrected chi connectivity index (χ0v) is 16.7. The van der Waals surface area contributed by atoms with E-state index in [-0.39, 0.29) is 5.78 Å². The van der Waals surface area contributed by atoms with Gasteiger partial charge in [0, 0.05) is 23.5 Å². The number of Topliss-reactive ketones (excluding diaryl/α,β-unsaturated/α-hetero) is 1. The van der Waals surface area contributed by atoms with Crippen LogP contribution in [0.5, 0.6) is 0 Å². The van der Waals surface area contributed by atoms with Crippen LogP contribution in [0.2, 0.25) is 0 Å². The van der Waals surface area contributed by atoms with Crippen LogP contribution in [0.25, 0.3) is 0 Å². The highest BCUT2D eigenvalue weighted by molar-refractivity contribution is 5.99. The summed E-state index contributed by atoms with van der Waals surface area (Å²) in [6.07, 6.45) is -0.536. The van der Waals surface area contributed by atoms with Crippen molar-refractivity contribution in [2.45, 2.75) is 32.9 Å². The Hall–Kier alpha value is -3.18. The van der Waals surface area contributed by atoms with Gasteiger partial charge in [-0.25, -0.2) is 4.79 Å². The van der Waals surface area contributed by atoms with E-state index in [1.54, 1.807) is 30.3 Å². The molecule has 0 saturated heterocycles. The zero-order valence-electron chi connectivity index (χ0n) is 16.7. The van der Waals surface area contributed by atoms with E-state index >= 15 is 0 Å². The number of esters is 1. The highest BCUT2D eigenvalue weighted by Crippen LogP contribution is 2.18. The van der Waals surface area contributed by atoms with Crippen LogP contribution in [0.15, 0.2) is 66.7 Å². The number of hydrogen-bond acceptors (Lipinski definition) is 4. The summed E-state index contributed by atoms with van der Waals surface area (Å²) in [5.41, 5.74) is 4.04. The molecule has 0 saturated carbocycles. The molecule has 150 valence electrons. The van der Waals surface area contributed by atoms with Crippen LogP contribution in [-0.2, 0) is 22.5 Å². The Morgan fingerprint density at radius 3 is 2.28 bits per heavy atom. The van der Waals surface area contributed by atoms with Gasteiger partial charge >= 0.3 is 5.97 Å². The first-order valence-electron chi connectivity index (χ1n) is 9.61. The molecule has 1 atom stereocenters. The number of aromatic nitrogens is 1. The maximum atomic E-state index is 12.6. The van der Waals surface area contributed by atoms with E-state index in [0.29, 0.717) is 11.1 Å². The third-order valence-corrected chi connectivity index (χ3v) is 5.03. The van der Waals surface area contributed by atoms with Crippen molar-refractivity contribution in [3.05, 3.63) is 94.8 Å². The third-order valence-electron chi connectivity index (χ3n) is 5.03. The summed E-state index contributed by atoms with van der Waals surface area (Å²) in [5, 5.41) is 10.1. The Morgan fingerprint density at radius 1 is 1.00 bits per heavy atom. The molecule has 0 fully saturated rings. The van der Waals surface area contributed by atoms with Crippen molar-refractivity contribution in [2.24, 2.45) is 0 Å². The SMILES string of the molecule is Cc1cc(C(=O)COC(=O)[C@H](O)c2ccccc2)c(C)n1CCc1ccccc1. The van der Waals surface area contributed by atoms with Gasteiger partial charge in [-0.15, -0.1) is 0 Å². The molecule has 0 aliphatic rings. The molecule has 0 amide bonds. The number of benzene rings is 2. The second-order valence-corrected chi connectivity index (χ2v) is 7.02. The van der Waals surface area contributed by atoms with Gasteiger partial charge in [0.2, 0.25) is 5.78 Å². The Kier molecular flexibility index (Phi) is 6.62. The lowest BCUT2D eigenvalue weighted by molar-refractivity contribution is -0.152. The Bertz CT molecular complexity index is 977. The number of ether oxygens (including phenoxy) is 1. The molecule has 3 aromatic rings. The third kappa shape index (κ3) is 5.00. The molecule has 0 bridgehead atoms. The fraction of sp³-hybridized carbons (Fsp3) is 0.250. The van der Waals surface area contributed by atoms with E-state index in [1.807, 2.05) is 38.1 Å². The molecule has 5 heteroatoms. The van der Waals surface area contributed by atoms with Crippen molar-refractivity contribution in [3.8, 4) is 0 Å². The zero-order chi connectivity index (χ0) is 20.8. The fourth-order valence-corrected chi connectivity index (χ4v) is 3.38. The predicted octanol–water partition coefficient (Wildman–Crippen LogP) is 3.81. The van der Waals surface area contributed by atoms with Gasteiger partial charge in [-0.3, -0.25) is 4.79 Å². The summed E-state index contributed by atoms with van der Waals surface area (Å²) in [5.74, 6) is -1.11. The van der Waals surface area contributed by atoms with Gasteiger partial charge in [-0.05, 0) is 37.5 Å². The maximum Gasteiger partial charge on any atom is 0.340 e. The lowest BCUT2D eigenvalue weighted by Gasteiger charge is -2.11. The molecule has 0 spiro atoms. The smallest absolute Gasteiger partial charge is 0.340 e. The number of aryl methyl sites for hydroxylation is 2. The standard InChI is InChI=1S/C24H25NO4/c1-17-15-21(18(2)25(17)14-13-19-9-5-3-6-10-19)22(26)16-29-24(28)23(27)20-11-7-4-8-12-20/h3-12,15,23,27H,13-14,16H2,1-2H3/t23-/m1/s1. The Morgan fingerprint density at radius 2 is 1.62 bits per heavy atom. The number of aliphatic hydroxyl groups is 1. The quantitative estimate of drug-likeness (QED) is 0.468. The Balaban J connectivity index is 1.61. The fourth-order valence-electron chi connectivity index (χ4n) is 3.38. The van der Waals surface area contributed by atoms with Crippen molar-refractivity contribution in [1.82, 2.24) is 4.57 Å². The van der Waals surface area contributed by atoms with E-state index < -0.39 is 18.7 Å². The summed E-state index contributed by atoms with van der Waals surface area (Å²) < 4.78 is 7.16. The molecule has 0 radical (unpaired) electrons. The number of carbonyl (C=O) groups is 2. The van der Waals surface area contributed by atoms with Gasteiger partial charge in [0.25, 0.3) is 0 Å². The topological polar surface area (TPSA) is 68.5 Å². The minimum Gasteiger partial charge on any atom is -0.455 e. The molecule has 0 aliphatic heterocycles. The molecule has 1 N–H and O–H groups in total. The van der Waals surface area contributed by atoms with Crippen molar-refractivity contribution in [3.63, 3.8) is 0 Å². The highest BCUT2D eigenvalue weighted by Gasteiger charge is 2.22. The molecular weight excluding hydrogens is 366 g/mol. The Labute approximate surface area is 170 Å². The summed E-state index contributed by atoms with van der Waals surface area (Å²) in [6.45, 7) is 4.22. The van der Waals surface area contributed by atoms with Gasteiger partial charge < -0.3 is 14.4 Å². The molecular formula is C24H25NO4. The summed E-state index contributed by atoms with van der Waals surface area (Å²) in [4.78, 5) is 24.7. The van der Waals surface area contributed by atoms with Crippen LogP contribution in [0.4, 0.5) is 0 Å². The van der Waals surface area contributed by atoms with Gasteiger partial charge in [-0.2, -0.15) is 0 Å². The van der Waals surface area contributed by atoms with Crippen LogP contribution in [0.1, 0.15) is 39.0 Å². The molecule has 5 nitrogen and oxygen atoms in total. The number of hydrogen-bond donors (Lipinski definition) is 1. The van der Waals surface area contributed by atoms with E-state index in [4.69, 9.17) is 4.74 Å². The first-order chi connectivity index (χ1) is 14.0. The van der Waals surface area contributed by atoms with Crippen LogP contribution >= 0.6 is 0 Å². The minimum atomic E-state index is -1.40. The summed E-state index contributed by atoms with van der Waals surface area (Å²) in [6, 6.07) is 20.5. The average molecular weight is 391 g/mol. The number of aliphatic hydroxyl groups excluding tert-OH is 1. The molecule has 29 heavy (non-hydrogen) atoms. The van der Waals surface area contributed by atoms with E-state index in [9.17, 15) is 14.7 Å². The van der Waals surface area contributed by atoms with Crippen molar-refractivity contribution < 1.29 is 19.4 Å². The van der Waals surface area contributed by atoms with Crippen molar-refractivity contribution >= 4 is 11.8 Å². The molecule has 1 heterocycles. The van der Waals surface area contributed by atoms with Crippen LogP contribution in [-0.4, -0.2) is 28.0 Å². The summed E-state index contributed by atoms with van der Waals surface area (Å²) >= 11 is 0. The van der Waals surface area contributed by atoms with Crippen molar-refractivity contribution in [2.75, 3.05) is 6.61 Å². The first-order valence-corrected chi connectivity index (χ1v) is 9.61. The highest BCUT2D eigenvalue weighted by atomic mass is 16.5. The molecule has 0 aliphatic carbocycles. The van der Waals surface area contributed by atoms with Crippen molar-refractivity contribution in [1.29, 1.82) is 0 Å². The average Bonchev–Trinajstić information content (AvgIpc) is 3.04. The summed E-state index contributed by atoms with van der Waals surface area (Å²) in [7, 11) is 0. The maximum absolute atomic E-state index is 12.6. The van der Waals surface area contributed by atoms with Gasteiger partial charge in [0.1, 0.15) is 0 Å². The monoisotopic (exact) mass is 391 g/mol. The minimum absolute atomic E-state index is 0.280. The van der Waals surface area contributed by atoms with Crippen LogP contribution < -0.4 is 0 Å². The lowest BCUT2D eigenvalue weighted by atomic mass is 10.1. The number of carbonyl (C=O) groups excluding carboxylic acids is 2. The second-order valence-electron chi connectivity index (χ2n) is 7.02. The predicted molar refractivity (Wildman–Crippen MR) is 111 cm³/mol. The second kappa shape index (κ2) is 9.34. The lowest BCUT2D eigenvalue weighted by Crippen LogP contribution is -2.20. The van der Waals surface area contributed by atoms with E-state index in [1.165, 1.54) is 5.56 Å². The number of nitrogens with zero attached hydrogens (tertiary/aromatic N) is 1. The molecule has 0 unspecified atom stereocenters. The van der Waals surface area contributed by atoms with Crippen LogP contribution in [0, 0.1) is 13.8 Å². The van der Waals surface area contributed by atoms with E-state index in [0.717, 1.165) is 24.4 Å². The first kappa shape index (κ1) is 20.6. The van der Waals surface area contributed by atoms with Crippen LogP contribution in [0.3, 0.4) is 0 Å². The molecule has 3 rings (SSSR count). The van der Waals surface area contributed by atoms with E-state index in [2.05, 4.69) is 16.7 Å². The normalized spacial score (nSPS) is 11.8. The number of ketones is 1.